The van der Waals surface area contributed by atoms with Crippen molar-refractivity contribution in [3.05, 3.63) is 96.6 Å². The largest absolute Gasteiger partial charge is 0.405 e. The summed E-state index contributed by atoms with van der Waals surface area (Å²) in [5.41, 5.74) is 1.03. The van der Waals surface area contributed by atoms with Crippen LogP contribution in [0.4, 0.5) is 0 Å². The molecule has 3 aromatic rings. The van der Waals surface area contributed by atoms with Crippen LogP contribution in [0, 0.1) is 0 Å². The van der Waals surface area contributed by atoms with Crippen LogP contribution in [0.3, 0.4) is 0 Å². The maximum Gasteiger partial charge on any atom is 0.261 e. The minimum atomic E-state index is -2.82. The van der Waals surface area contributed by atoms with Crippen LogP contribution < -0.4 is 10.4 Å². The van der Waals surface area contributed by atoms with E-state index in [-0.39, 0.29) is 11.6 Å². The van der Waals surface area contributed by atoms with E-state index in [1.54, 1.807) is 7.11 Å². The molecule has 0 spiro atoms. The molecule has 1 saturated heterocycles. The molecule has 0 radical (unpaired) electrons. The molecule has 1 heterocycles. The fourth-order valence-electron chi connectivity index (χ4n) is 5.57. The number of aliphatic hydroxyl groups is 1. The summed E-state index contributed by atoms with van der Waals surface area (Å²) in [6.07, 6.45) is -2.76. The van der Waals surface area contributed by atoms with Gasteiger partial charge in [-0.25, -0.2) is 0 Å². The summed E-state index contributed by atoms with van der Waals surface area (Å²) in [5, 5.41) is 13.8. The van der Waals surface area contributed by atoms with Crippen molar-refractivity contribution in [3.63, 3.8) is 0 Å². The Hall–Kier alpha value is -2.36. The van der Waals surface area contributed by atoms with Gasteiger partial charge in [0.05, 0.1) is 13.2 Å². The topological polar surface area (TPSA) is 66.4 Å². The summed E-state index contributed by atoms with van der Waals surface area (Å²) in [7, 11) is -1.23. The molecule has 0 saturated carbocycles. The molecule has 5 atom stereocenters. The van der Waals surface area contributed by atoms with E-state index in [9.17, 15) is 5.11 Å². The van der Waals surface area contributed by atoms with Crippen LogP contribution in [-0.4, -0.2) is 64.5 Å². The van der Waals surface area contributed by atoms with Crippen LogP contribution in [0.15, 0.2) is 91.0 Å². The number of hydrogen-bond acceptors (Lipinski definition) is 6. The van der Waals surface area contributed by atoms with E-state index in [0.29, 0.717) is 13.2 Å². The lowest BCUT2D eigenvalue weighted by molar-refractivity contribution is -0.311. The molecule has 4 rings (SSSR count). The summed E-state index contributed by atoms with van der Waals surface area (Å²) in [6.45, 7) is 9.78. The zero-order valence-electron chi connectivity index (χ0n) is 24.4. The van der Waals surface area contributed by atoms with Crippen molar-refractivity contribution in [1.82, 2.24) is 0 Å². The summed E-state index contributed by atoms with van der Waals surface area (Å²) < 4.78 is 31.7. The Morgan fingerprint density at radius 2 is 1.35 bits per heavy atom. The van der Waals surface area contributed by atoms with Crippen molar-refractivity contribution in [2.24, 2.45) is 0 Å². The van der Waals surface area contributed by atoms with Gasteiger partial charge < -0.3 is 28.5 Å². The molecular weight excluding hydrogens is 520 g/mol. The lowest BCUT2D eigenvalue weighted by Gasteiger charge is -2.47. The highest BCUT2D eigenvalue weighted by Crippen LogP contribution is 2.37. The molecule has 1 unspecified atom stereocenters. The van der Waals surface area contributed by atoms with Crippen molar-refractivity contribution >= 4 is 18.7 Å². The summed E-state index contributed by atoms with van der Waals surface area (Å²) in [5.74, 6) is 0. The third-order valence-electron chi connectivity index (χ3n) is 7.53. The molecule has 216 valence electrons. The Bertz CT molecular complexity index is 1100. The predicted molar refractivity (Wildman–Crippen MR) is 160 cm³/mol. The van der Waals surface area contributed by atoms with Crippen LogP contribution >= 0.6 is 0 Å². The van der Waals surface area contributed by atoms with Crippen LogP contribution in [0.2, 0.25) is 5.04 Å². The highest BCUT2D eigenvalue weighted by Gasteiger charge is 2.53. The van der Waals surface area contributed by atoms with Crippen LogP contribution in [-0.2, 0) is 30.0 Å². The molecule has 40 heavy (non-hydrogen) atoms. The standard InChI is InChI=1S/C33H44O6Si/c1-6-22-36-30-29(34)28(39-32(35-5)31(30)37-23-25-16-10-7-11-17-25)24-38-40(33(2,3)4,26-18-12-8-13-19-26)27-20-14-9-15-21-27/h7-21,28-32,34H,6,22-24H2,1-5H3/t28-,29-,30+,31-,32?/m1/s1. The van der Waals surface area contributed by atoms with Crippen molar-refractivity contribution < 1.29 is 28.5 Å². The highest BCUT2D eigenvalue weighted by molar-refractivity contribution is 6.99. The number of ether oxygens (including phenoxy) is 4. The molecule has 1 aliphatic rings. The number of methoxy groups -OCH3 is 1. The number of hydrogen-bond donors (Lipinski definition) is 1. The molecule has 1 aliphatic heterocycles. The lowest BCUT2D eigenvalue weighted by atomic mass is 9.98. The average molecular weight is 565 g/mol. The van der Waals surface area contributed by atoms with Gasteiger partial charge in [0.2, 0.25) is 0 Å². The summed E-state index contributed by atoms with van der Waals surface area (Å²) in [4.78, 5) is 0. The Labute approximate surface area is 240 Å². The van der Waals surface area contributed by atoms with Gasteiger partial charge in [-0.1, -0.05) is 119 Å². The Morgan fingerprint density at radius 3 is 1.85 bits per heavy atom. The molecule has 1 N–H and O–H groups in total. The van der Waals surface area contributed by atoms with Gasteiger partial charge in [0.15, 0.2) is 6.29 Å². The molecule has 0 aromatic heterocycles. The third kappa shape index (κ3) is 6.74. The smallest absolute Gasteiger partial charge is 0.261 e. The first-order chi connectivity index (χ1) is 19.3. The second-order valence-electron chi connectivity index (χ2n) is 11.3. The maximum absolute atomic E-state index is 11.6. The SMILES string of the molecule is CCCO[C@H]1[C@H](O)[C@@H](CO[Si](c2ccccc2)(c2ccccc2)C(C)(C)C)OC(OC)[C@@H]1OCc1ccccc1. The minimum absolute atomic E-state index is 0.186. The molecule has 1 fully saturated rings. The van der Waals surface area contributed by atoms with Crippen molar-refractivity contribution in [2.75, 3.05) is 20.3 Å². The Morgan fingerprint density at radius 1 is 0.800 bits per heavy atom. The monoisotopic (exact) mass is 564 g/mol. The van der Waals surface area contributed by atoms with E-state index in [1.165, 1.54) is 10.4 Å². The second kappa shape index (κ2) is 14.0. The van der Waals surface area contributed by atoms with E-state index in [1.807, 2.05) is 49.4 Å². The first-order valence-electron chi connectivity index (χ1n) is 14.2. The number of benzene rings is 3. The zero-order valence-corrected chi connectivity index (χ0v) is 25.4. The van der Waals surface area contributed by atoms with Gasteiger partial charge in [0.25, 0.3) is 8.32 Å². The number of aliphatic hydroxyl groups excluding tert-OH is 1. The molecule has 7 heteroatoms. The average Bonchev–Trinajstić information content (AvgIpc) is 2.97. The maximum atomic E-state index is 11.6. The molecule has 3 aromatic carbocycles. The zero-order chi connectivity index (χ0) is 28.6. The fourth-order valence-corrected chi connectivity index (χ4v) is 10.1. The van der Waals surface area contributed by atoms with Gasteiger partial charge in [-0.05, 0) is 27.4 Å². The number of rotatable bonds is 12. The normalized spacial score (nSPS) is 23.7. The van der Waals surface area contributed by atoms with Gasteiger partial charge in [-0.15, -0.1) is 0 Å². The lowest BCUT2D eigenvalue weighted by Crippen LogP contribution is -2.68. The molecular formula is C33H44O6Si. The van der Waals surface area contributed by atoms with Gasteiger partial charge in [0.1, 0.15) is 24.4 Å². The molecule has 0 aliphatic carbocycles. The van der Waals surface area contributed by atoms with Gasteiger partial charge in [-0.3, -0.25) is 0 Å². The van der Waals surface area contributed by atoms with E-state index >= 15 is 0 Å². The fraction of sp³-hybridized carbons (Fsp3) is 0.455. The van der Waals surface area contributed by atoms with Crippen molar-refractivity contribution in [1.29, 1.82) is 0 Å². The van der Waals surface area contributed by atoms with E-state index < -0.39 is 39.0 Å². The summed E-state index contributed by atoms with van der Waals surface area (Å²) in [6, 6.07) is 30.8. The van der Waals surface area contributed by atoms with E-state index in [2.05, 4.69) is 69.3 Å². The van der Waals surface area contributed by atoms with Crippen LogP contribution in [0.1, 0.15) is 39.7 Å². The summed E-state index contributed by atoms with van der Waals surface area (Å²) >= 11 is 0. The first-order valence-corrected chi connectivity index (χ1v) is 16.1. The van der Waals surface area contributed by atoms with Gasteiger partial charge >= 0.3 is 0 Å². The highest BCUT2D eigenvalue weighted by atomic mass is 28.4. The van der Waals surface area contributed by atoms with E-state index in [0.717, 1.165) is 12.0 Å². The van der Waals surface area contributed by atoms with Crippen LogP contribution in [0.25, 0.3) is 0 Å². The second-order valence-corrected chi connectivity index (χ2v) is 15.6. The molecule has 6 nitrogen and oxygen atoms in total. The molecule has 0 bridgehead atoms. The van der Waals surface area contributed by atoms with Gasteiger partial charge in [0, 0.05) is 13.7 Å². The van der Waals surface area contributed by atoms with Crippen LogP contribution in [0.5, 0.6) is 0 Å². The third-order valence-corrected chi connectivity index (χ3v) is 12.5. The molecule has 0 amide bonds. The first kappa shape index (κ1) is 30.6. The Balaban J connectivity index is 1.62. The Kier molecular flexibility index (Phi) is 10.7. The predicted octanol–water partition coefficient (Wildman–Crippen LogP) is 4.68. The van der Waals surface area contributed by atoms with E-state index in [4.69, 9.17) is 23.4 Å². The van der Waals surface area contributed by atoms with Gasteiger partial charge in [-0.2, -0.15) is 0 Å². The quantitative estimate of drug-likeness (QED) is 0.323. The van der Waals surface area contributed by atoms with Crippen molar-refractivity contribution in [3.8, 4) is 0 Å². The van der Waals surface area contributed by atoms with Crippen molar-refractivity contribution in [2.45, 2.75) is 76.5 Å². The minimum Gasteiger partial charge on any atom is -0.405 e.